The molecular formula is C19H23ClN2O3. The van der Waals surface area contributed by atoms with Crippen molar-refractivity contribution in [1.29, 1.82) is 0 Å². The lowest BCUT2D eigenvalue weighted by molar-refractivity contribution is -0.117. The van der Waals surface area contributed by atoms with Crippen molar-refractivity contribution in [2.75, 3.05) is 39.2 Å². The Morgan fingerprint density at radius 1 is 1.08 bits per heavy atom. The van der Waals surface area contributed by atoms with E-state index in [0.717, 1.165) is 30.2 Å². The first kappa shape index (κ1) is 19.1. The first-order valence-corrected chi connectivity index (χ1v) is 8.45. The van der Waals surface area contributed by atoms with Crippen molar-refractivity contribution in [1.82, 2.24) is 4.90 Å². The molecule has 2 aromatic rings. The Morgan fingerprint density at radius 3 is 2.36 bits per heavy atom. The Bertz CT molecular complexity index is 659. The van der Waals surface area contributed by atoms with Crippen molar-refractivity contribution in [2.24, 2.45) is 0 Å². The van der Waals surface area contributed by atoms with Crippen LogP contribution in [0.15, 0.2) is 48.5 Å². The Kier molecular flexibility index (Phi) is 7.57. The summed E-state index contributed by atoms with van der Waals surface area (Å²) in [6.45, 7) is 1.69. The Labute approximate surface area is 153 Å². The van der Waals surface area contributed by atoms with Gasteiger partial charge in [-0.15, -0.1) is 0 Å². The fraction of sp³-hybridized carbons (Fsp3) is 0.316. The van der Waals surface area contributed by atoms with Gasteiger partial charge >= 0.3 is 0 Å². The van der Waals surface area contributed by atoms with Crippen LogP contribution in [0, 0.1) is 0 Å². The van der Waals surface area contributed by atoms with Crippen LogP contribution in [0.1, 0.15) is 6.42 Å². The molecule has 0 saturated carbocycles. The molecule has 0 bridgehead atoms. The van der Waals surface area contributed by atoms with E-state index < -0.39 is 0 Å². The molecular weight excluding hydrogens is 340 g/mol. The number of anilines is 1. The third kappa shape index (κ3) is 7.03. The van der Waals surface area contributed by atoms with Crippen LogP contribution >= 0.6 is 11.6 Å². The summed E-state index contributed by atoms with van der Waals surface area (Å²) in [5.74, 6) is 1.56. The number of ether oxygens (including phenoxy) is 2. The molecule has 25 heavy (non-hydrogen) atoms. The van der Waals surface area contributed by atoms with Gasteiger partial charge in [-0.05, 0) is 62.0 Å². The summed E-state index contributed by atoms with van der Waals surface area (Å²) < 4.78 is 10.8. The molecule has 0 radical (unpaired) electrons. The SMILES string of the molecule is COc1ccc(OCCCN(C)CC(=O)Nc2ccc(Cl)cc2)cc1. The van der Waals surface area contributed by atoms with Gasteiger partial charge in [0.05, 0.1) is 20.3 Å². The molecule has 0 heterocycles. The summed E-state index contributed by atoms with van der Waals surface area (Å²) in [5, 5.41) is 3.49. The highest BCUT2D eigenvalue weighted by Gasteiger charge is 2.07. The van der Waals surface area contributed by atoms with E-state index in [1.807, 2.05) is 36.2 Å². The predicted molar refractivity (Wildman–Crippen MR) is 101 cm³/mol. The van der Waals surface area contributed by atoms with E-state index >= 15 is 0 Å². The average molecular weight is 363 g/mol. The number of nitrogens with one attached hydrogen (secondary N) is 1. The van der Waals surface area contributed by atoms with Gasteiger partial charge in [0.1, 0.15) is 11.5 Å². The third-order valence-electron chi connectivity index (χ3n) is 3.55. The lowest BCUT2D eigenvalue weighted by atomic mass is 10.3. The van der Waals surface area contributed by atoms with E-state index in [1.165, 1.54) is 0 Å². The molecule has 2 aromatic carbocycles. The van der Waals surface area contributed by atoms with Gasteiger partial charge in [0, 0.05) is 17.3 Å². The average Bonchev–Trinajstić information content (AvgIpc) is 2.61. The number of benzene rings is 2. The third-order valence-corrected chi connectivity index (χ3v) is 3.81. The second-order valence-electron chi connectivity index (χ2n) is 5.67. The summed E-state index contributed by atoms with van der Waals surface area (Å²) >= 11 is 5.82. The number of rotatable bonds is 9. The van der Waals surface area contributed by atoms with E-state index in [4.69, 9.17) is 21.1 Å². The van der Waals surface area contributed by atoms with Crippen molar-refractivity contribution in [3.63, 3.8) is 0 Å². The van der Waals surface area contributed by atoms with Gasteiger partial charge in [-0.3, -0.25) is 9.69 Å². The Balaban J connectivity index is 1.63. The van der Waals surface area contributed by atoms with Gasteiger partial charge in [0.15, 0.2) is 0 Å². The minimum Gasteiger partial charge on any atom is -0.497 e. The molecule has 0 aromatic heterocycles. The molecule has 1 N–H and O–H groups in total. The summed E-state index contributed by atoms with van der Waals surface area (Å²) in [4.78, 5) is 14.0. The molecule has 0 spiro atoms. The molecule has 5 nitrogen and oxygen atoms in total. The quantitative estimate of drug-likeness (QED) is 0.691. The number of hydrogen-bond donors (Lipinski definition) is 1. The van der Waals surface area contributed by atoms with E-state index in [9.17, 15) is 4.79 Å². The maximum absolute atomic E-state index is 12.0. The molecule has 2 rings (SSSR count). The summed E-state index contributed by atoms with van der Waals surface area (Å²) in [7, 11) is 3.55. The van der Waals surface area contributed by atoms with Crippen LogP contribution in [-0.2, 0) is 4.79 Å². The number of halogens is 1. The maximum atomic E-state index is 12.0. The van der Waals surface area contributed by atoms with Gasteiger partial charge in [-0.2, -0.15) is 0 Å². The molecule has 0 aliphatic carbocycles. The highest BCUT2D eigenvalue weighted by atomic mass is 35.5. The number of carbonyl (C=O) groups is 1. The van der Waals surface area contributed by atoms with E-state index in [0.29, 0.717) is 18.2 Å². The molecule has 0 atom stereocenters. The minimum atomic E-state index is -0.0547. The van der Waals surface area contributed by atoms with Crippen LogP contribution in [0.25, 0.3) is 0 Å². The lowest BCUT2D eigenvalue weighted by Gasteiger charge is -2.16. The summed E-state index contributed by atoms with van der Waals surface area (Å²) in [5.41, 5.74) is 0.741. The molecule has 6 heteroatoms. The van der Waals surface area contributed by atoms with Crippen LogP contribution in [0.2, 0.25) is 5.02 Å². The van der Waals surface area contributed by atoms with E-state index in [1.54, 1.807) is 31.4 Å². The topological polar surface area (TPSA) is 50.8 Å². The number of methoxy groups -OCH3 is 1. The van der Waals surface area contributed by atoms with Crippen molar-refractivity contribution >= 4 is 23.2 Å². The normalized spacial score (nSPS) is 10.6. The smallest absolute Gasteiger partial charge is 0.238 e. The van der Waals surface area contributed by atoms with Crippen LogP contribution in [0.4, 0.5) is 5.69 Å². The molecule has 0 unspecified atom stereocenters. The Morgan fingerprint density at radius 2 is 1.72 bits per heavy atom. The van der Waals surface area contributed by atoms with E-state index in [-0.39, 0.29) is 5.91 Å². The predicted octanol–water partition coefficient (Wildman–Crippen LogP) is 3.69. The zero-order chi connectivity index (χ0) is 18.1. The molecule has 1 amide bonds. The zero-order valence-electron chi connectivity index (χ0n) is 14.5. The van der Waals surface area contributed by atoms with Crippen molar-refractivity contribution in [2.45, 2.75) is 6.42 Å². The van der Waals surface area contributed by atoms with Crippen LogP contribution in [-0.4, -0.2) is 44.7 Å². The zero-order valence-corrected chi connectivity index (χ0v) is 15.3. The number of carbonyl (C=O) groups excluding carboxylic acids is 1. The van der Waals surface area contributed by atoms with Crippen molar-refractivity contribution in [3.05, 3.63) is 53.6 Å². The van der Waals surface area contributed by atoms with Gasteiger partial charge in [-0.25, -0.2) is 0 Å². The monoisotopic (exact) mass is 362 g/mol. The second kappa shape index (κ2) is 9.91. The van der Waals surface area contributed by atoms with E-state index in [2.05, 4.69) is 5.32 Å². The minimum absolute atomic E-state index is 0.0547. The highest BCUT2D eigenvalue weighted by molar-refractivity contribution is 6.30. The van der Waals surface area contributed by atoms with Crippen LogP contribution < -0.4 is 14.8 Å². The maximum Gasteiger partial charge on any atom is 0.238 e. The van der Waals surface area contributed by atoms with Crippen molar-refractivity contribution < 1.29 is 14.3 Å². The highest BCUT2D eigenvalue weighted by Crippen LogP contribution is 2.17. The molecule has 0 fully saturated rings. The number of likely N-dealkylation sites (N-methyl/N-ethyl adjacent to an activating group) is 1. The largest absolute Gasteiger partial charge is 0.497 e. The fourth-order valence-electron chi connectivity index (χ4n) is 2.25. The number of nitrogens with zero attached hydrogens (tertiary/aromatic N) is 1. The van der Waals surface area contributed by atoms with Crippen LogP contribution in [0.5, 0.6) is 11.5 Å². The van der Waals surface area contributed by atoms with Gasteiger partial charge < -0.3 is 14.8 Å². The van der Waals surface area contributed by atoms with Crippen LogP contribution in [0.3, 0.4) is 0 Å². The second-order valence-corrected chi connectivity index (χ2v) is 6.11. The number of hydrogen-bond acceptors (Lipinski definition) is 4. The Hall–Kier alpha value is -2.24. The number of amides is 1. The fourth-order valence-corrected chi connectivity index (χ4v) is 2.38. The van der Waals surface area contributed by atoms with Gasteiger partial charge in [0.25, 0.3) is 0 Å². The summed E-state index contributed by atoms with van der Waals surface area (Å²) in [6, 6.07) is 14.5. The van der Waals surface area contributed by atoms with Gasteiger partial charge in [0.2, 0.25) is 5.91 Å². The standard InChI is InChI=1S/C19H23ClN2O3/c1-22(14-19(23)21-16-6-4-15(20)5-7-16)12-3-13-25-18-10-8-17(24-2)9-11-18/h4-11H,3,12-14H2,1-2H3,(H,21,23). The molecule has 0 aliphatic rings. The molecule has 0 saturated heterocycles. The summed E-state index contributed by atoms with van der Waals surface area (Å²) in [6.07, 6.45) is 0.830. The first-order valence-electron chi connectivity index (χ1n) is 8.07. The first-order chi connectivity index (χ1) is 12.1. The molecule has 134 valence electrons. The van der Waals surface area contributed by atoms with Gasteiger partial charge in [-0.1, -0.05) is 11.6 Å². The van der Waals surface area contributed by atoms with Crippen molar-refractivity contribution in [3.8, 4) is 11.5 Å². The molecule has 0 aliphatic heterocycles. The lowest BCUT2D eigenvalue weighted by Crippen LogP contribution is -2.31.